The lowest BCUT2D eigenvalue weighted by molar-refractivity contribution is -0.116. The molecule has 5 heteroatoms. The molecule has 1 aromatic rings. The second-order valence-electron chi connectivity index (χ2n) is 3.74. The highest BCUT2D eigenvalue weighted by molar-refractivity contribution is 9.10. The first-order valence-corrected chi connectivity index (χ1v) is 6.21. The first-order chi connectivity index (χ1) is 8.08. The minimum atomic E-state index is -0.0424. The Morgan fingerprint density at radius 2 is 2.24 bits per heavy atom. The number of carbonyl (C=O) groups is 1. The number of amides is 1. The zero-order chi connectivity index (χ0) is 12.8. The fraction of sp³-hybridized carbons (Fsp3) is 0.417. The lowest BCUT2D eigenvalue weighted by atomic mass is 10.1. The maximum absolute atomic E-state index is 11.6. The maximum Gasteiger partial charge on any atom is 0.224 e. The van der Waals surface area contributed by atoms with Crippen molar-refractivity contribution in [2.24, 2.45) is 5.73 Å². The molecule has 0 heterocycles. The van der Waals surface area contributed by atoms with Crippen LogP contribution in [0.5, 0.6) is 5.75 Å². The monoisotopic (exact) mass is 300 g/mol. The normalized spacial score (nSPS) is 10.1. The zero-order valence-corrected chi connectivity index (χ0v) is 11.6. The Balaban J connectivity index is 2.86. The van der Waals surface area contributed by atoms with E-state index in [1.807, 2.05) is 19.1 Å². The molecule has 1 aromatic carbocycles. The first kappa shape index (κ1) is 14.0. The second kappa shape index (κ2) is 6.61. The summed E-state index contributed by atoms with van der Waals surface area (Å²) >= 11 is 3.39. The van der Waals surface area contributed by atoms with E-state index < -0.39 is 0 Å². The number of nitrogens with one attached hydrogen (secondary N) is 1. The van der Waals surface area contributed by atoms with Crippen LogP contribution in [0.15, 0.2) is 16.6 Å². The number of hydrogen-bond donors (Lipinski definition) is 2. The Morgan fingerprint density at radius 3 is 2.82 bits per heavy atom. The van der Waals surface area contributed by atoms with Crippen LogP contribution < -0.4 is 15.8 Å². The predicted molar refractivity (Wildman–Crippen MR) is 72.3 cm³/mol. The predicted octanol–water partition coefficient (Wildman–Crippen LogP) is 2.44. The SMILES string of the molecule is COc1cc(Br)cc(C)c1NC(=O)CCCN. The van der Waals surface area contributed by atoms with Crippen molar-refractivity contribution in [3.05, 3.63) is 22.2 Å². The molecule has 0 aliphatic heterocycles. The quantitative estimate of drug-likeness (QED) is 0.878. The van der Waals surface area contributed by atoms with E-state index in [4.69, 9.17) is 10.5 Å². The van der Waals surface area contributed by atoms with Gasteiger partial charge in [0, 0.05) is 10.9 Å². The van der Waals surface area contributed by atoms with Crippen LogP contribution in [0.1, 0.15) is 18.4 Å². The van der Waals surface area contributed by atoms with E-state index in [9.17, 15) is 4.79 Å². The molecule has 0 bridgehead atoms. The standard InChI is InChI=1S/C12H17BrN2O2/c1-8-6-9(13)7-10(17-2)12(8)15-11(16)4-3-5-14/h6-7H,3-5,14H2,1-2H3,(H,15,16). The topological polar surface area (TPSA) is 64.3 Å². The lowest BCUT2D eigenvalue weighted by Gasteiger charge is -2.13. The minimum absolute atomic E-state index is 0.0424. The molecule has 0 unspecified atom stereocenters. The molecule has 0 saturated heterocycles. The molecule has 0 atom stereocenters. The molecule has 0 radical (unpaired) electrons. The Bertz CT molecular complexity index is 408. The van der Waals surface area contributed by atoms with Crippen LogP contribution in [-0.2, 0) is 4.79 Å². The number of methoxy groups -OCH3 is 1. The van der Waals surface area contributed by atoms with Crippen LogP contribution >= 0.6 is 15.9 Å². The number of halogens is 1. The van der Waals surface area contributed by atoms with E-state index >= 15 is 0 Å². The van der Waals surface area contributed by atoms with Crippen LogP contribution in [0.3, 0.4) is 0 Å². The largest absolute Gasteiger partial charge is 0.495 e. The van der Waals surface area contributed by atoms with Gasteiger partial charge < -0.3 is 15.8 Å². The number of aryl methyl sites for hydroxylation is 1. The summed E-state index contributed by atoms with van der Waals surface area (Å²) in [5, 5.41) is 2.85. The molecule has 0 saturated carbocycles. The van der Waals surface area contributed by atoms with Crippen molar-refractivity contribution in [3.8, 4) is 5.75 Å². The number of benzene rings is 1. The molecule has 0 aromatic heterocycles. The van der Waals surface area contributed by atoms with Gasteiger partial charge >= 0.3 is 0 Å². The fourth-order valence-corrected chi connectivity index (χ4v) is 2.05. The summed E-state index contributed by atoms with van der Waals surface area (Å²) in [5.41, 5.74) is 7.04. The molecule has 4 nitrogen and oxygen atoms in total. The van der Waals surface area contributed by atoms with Crippen molar-refractivity contribution in [1.29, 1.82) is 0 Å². The Hall–Kier alpha value is -1.07. The molecule has 3 N–H and O–H groups in total. The third kappa shape index (κ3) is 4.02. The van der Waals surface area contributed by atoms with E-state index in [1.165, 1.54) is 0 Å². The van der Waals surface area contributed by atoms with Gasteiger partial charge in [-0.15, -0.1) is 0 Å². The third-order valence-electron chi connectivity index (χ3n) is 2.36. The van der Waals surface area contributed by atoms with E-state index in [2.05, 4.69) is 21.2 Å². The van der Waals surface area contributed by atoms with Gasteiger partial charge in [-0.25, -0.2) is 0 Å². The molecule has 94 valence electrons. The number of nitrogens with two attached hydrogens (primary N) is 1. The van der Waals surface area contributed by atoms with E-state index in [0.717, 1.165) is 15.7 Å². The van der Waals surface area contributed by atoms with E-state index in [1.54, 1.807) is 7.11 Å². The third-order valence-corrected chi connectivity index (χ3v) is 2.81. The van der Waals surface area contributed by atoms with Crippen molar-refractivity contribution < 1.29 is 9.53 Å². The molecular formula is C12H17BrN2O2. The number of ether oxygens (including phenoxy) is 1. The Morgan fingerprint density at radius 1 is 1.53 bits per heavy atom. The van der Waals surface area contributed by atoms with Crippen LogP contribution in [0, 0.1) is 6.92 Å². The Kier molecular flexibility index (Phi) is 5.44. The summed E-state index contributed by atoms with van der Waals surface area (Å²) in [7, 11) is 1.58. The van der Waals surface area contributed by atoms with E-state index in [0.29, 0.717) is 25.1 Å². The van der Waals surface area contributed by atoms with Crippen LogP contribution in [0.4, 0.5) is 5.69 Å². The van der Waals surface area contributed by atoms with Gasteiger partial charge in [0.15, 0.2) is 0 Å². The van der Waals surface area contributed by atoms with Crippen molar-refractivity contribution in [2.75, 3.05) is 19.0 Å². The second-order valence-corrected chi connectivity index (χ2v) is 4.66. The van der Waals surface area contributed by atoms with Gasteiger partial charge in [0.2, 0.25) is 5.91 Å². The van der Waals surface area contributed by atoms with Crippen molar-refractivity contribution >= 4 is 27.5 Å². The summed E-state index contributed by atoms with van der Waals surface area (Å²) < 4.78 is 6.17. The average molecular weight is 301 g/mol. The van der Waals surface area contributed by atoms with Gasteiger partial charge in [-0.2, -0.15) is 0 Å². The molecule has 1 amide bonds. The van der Waals surface area contributed by atoms with Gasteiger partial charge in [0.1, 0.15) is 5.75 Å². The fourth-order valence-electron chi connectivity index (χ4n) is 1.50. The number of hydrogen-bond acceptors (Lipinski definition) is 3. The van der Waals surface area contributed by atoms with Crippen molar-refractivity contribution in [3.63, 3.8) is 0 Å². The van der Waals surface area contributed by atoms with Crippen molar-refractivity contribution in [2.45, 2.75) is 19.8 Å². The smallest absolute Gasteiger partial charge is 0.224 e. The summed E-state index contributed by atoms with van der Waals surface area (Å²) in [4.78, 5) is 11.6. The number of carbonyl (C=O) groups excluding carboxylic acids is 1. The molecule has 17 heavy (non-hydrogen) atoms. The van der Waals surface area contributed by atoms with Gasteiger partial charge in [0.05, 0.1) is 12.8 Å². The summed E-state index contributed by atoms with van der Waals surface area (Å²) in [5.74, 6) is 0.608. The zero-order valence-electron chi connectivity index (χ0n) is 10.0. The van der Waals surface area contributed by atoms with Crippen molar-refractivity contribution in [1.82, 2.24) is 0 Å². The first-order valence-electron chi connectivity index (χ1n) is 5.42. The average Bonchev–Trinajstić information content (AvgIpc) is 2.29. The molecule has 0 spiro atoms. The van der Waals surface area contributed by atoms with Gasteiger partial charge in [0.25, 0.3) is 0 Å². The maximum atomic E-state index is 11.6. The van der Waals surface area contributed by atoms with Crippen LogP contribution in [0.2, 0.25) is 0 Å². The van der Waals surface area contributed by atoms with Gasteiger partial charge in [-0.05, 0) is 37.6 Å². The van der Waals surface area contributed by atoms with Gasteiger partial charge in [-0.1, -0.05) is 15.9 Å². The summed E-state index contributed by atoms with van der Waals surface area (Å²) in [6, 6.07) is 3.76. The highest BCUT2D eigenvalue weighted by atomic mass is 79.9. The molecule has 0 aliphatic carbocycles. The molecular weight excluding hydrogens is 284 g/mol. The molecule has 0 aliphatic rings. The van der Waals surface area contributed by atoms with Crippen LogP contribution in [0.25, 0.3) is 0 Å². The summed E-state index contributed by atoms with van der Waals surface area (Å²) in [6.45, 7) is 2.44. The van der Waals surface area contributed by atoms with Gasteiger partial charge in [-0.3, -0.25) is 4.79 Å². The van der Waals surface area contributed by atoms with Crippen LogP contribution in [-0.4, -0.2) is 19.6 Å². The number of anilines is 1. The summed E-state index contributed by atoms with van der Waals surface area (Å²) in [6.07, 6.45) is 1.11. The molecule has 1 rings (SSSR count). The Labute approximate surface area is 110 Å². The molecule has 0 fully saturated rings. The highest BCUT2D eigenvalue weighted by Gasteiger charge is 2.11. The lowest BCUT2D eigenvalue weighted by Crippen LogP contribution is -2.14. The number of rotatable bonds is 5. The van der Waals surface area contributed by atoms with E-state index in [-0.39, 0.29) is 5.91 Å². The minimum Gasteiger partial charge on any atom is -0.495 e. The highest BCUT2D eigenvalue weighted by Crippen LogP contribution is 2.32.